The number of amides is 1. The van der Waals surface area contributed by atoms with E-state index in [2.05, 4.69) is 27.3 Å². The zero-order valence-electron chi connectivity index (χ0n) is 15.0. The van der Waals surface area contributed by atoms with Crippen LogP contribution in [0.1, 0.15) is 24.0 Å². The van der Waals surface area contributed by atoms with Crippen molar-refractivity contribution in [2.24, 2.45) is 5.92 Å². The Bertz CT molecular complexity index is 841. The molecule has 1 N–H and O–H groups in total. The summed E-state index contributed by atoms with van der Waals surface area (Å²) < 4.78 is 5.89. The van der Waals surface area contributed by atoms with Gasteiger partial charge in [-0.25, -0.2) is 4.79 Å². The third-order valence-corrected chi connectivity index (χ3v) is 5.54. The fraction of sp³-hybridized carbons (Fsp3) is 0.381. The van der Waals surface area contributed by atoms with Crippen LogP contribution < -0.4 is 5.32 Å². The maximum Gasteiger partial charge on any atom is 0.411 e. The van der Waals surface area contributed by atoms with E-state index in [1.54, 1.807) is 30.5 Å². The van der Waals surface area contributed by atoms with Gasteiger partial charge in [0.2, 0.25) is 0 Å². The molecule has 1 aromatic heterocycles. The topological polar surface area (TPSA) is 78.2 Å². The fourth-order valence-electron chi connectivity index (χ4n) is 4.22. The number of aromatic nitrogens is 1. The van der Waals surface area contributed by atoms with E-state index in [0.717, 1.165) is 37.9 Å². The molecule has 2 aromatic rings. The van der Waals surface area contributed by atoms with Crippen molar-refractivity contribution in [3.63, 3.8) is 0 Å². The Kier molecular flexibility index (Phi) is 5.03. The molecule has 3 aliphatic rings. The number of pyridine rings is 1. The van der Waals surface area contributed by atoms with Crippen molar-refractivity contribution in [2.75, 3.05) is 18.4 Å². The zero-order valence-corrected chi connectivity index (χ0v) is 15.0. The lowest BCUT2D eigenvalue weighted by Crippen LogP contribution is -2.60. The summed E-state index contributed by atoms with van der Waals surface area (Å²) in [6, 6.07) is 13.1. The highest BCUT2D eigenvalue weighted by Gasteiger charge is 2.44. The Labute approximate surface area is 158 Å². The van der Waals surface area contributed by atoms with E-state index in [0.29, 0.717) is 17.2 Å². The molecule has 138 valence electrons. The van der Waals surface area contributed by atoms with Gasteiger partial charge in [-0.05, 0) is 62.2 Å². The van der Waals surface area contributed by atoms with E-state index in [9.17, 15) is 4.79 Å². The standard InChI is InChI=1S/C21H22N4O2/c22-13-15-3-1-5-18(11-15)24-21(26)27-20-17-6-9-25(10-7-17)19(20)12-16-4-2-8-23-14-16/h1-5,8,11,14,17,19-20H,6-7,9-10,12H2,(H,24,26)/t19-,20-/m0/s1. The van der Waals surface area contributed by atoms with E-state index < -0.39 is 6.09 Å². The second kappa shape index (κ2) is 7.77. The summed E-state index contributed by atoms with van der Waals surface area (Å²) >= 11 is 0. The first kappa shape index (κ1) is 17.5. The van der Waals surface area contributed by atoms with E-state index in [-0.39, 0.29) is 12.1 Å². The predicted octanol–water partition coefficient (Wildman–Crippen LogP) is 3.21. The summed E-state index contributed by atoms with van der Waals surface area (Å²) in [5, 5.41) is 11.8. The van der Waals surface area contributed by atoms with Gasteiger partial charge in [0.25, 0.3) is 0 Å². The van der Waals surface area contributed by atoms with Gasteiger partial charge >= 0.3 is 6.09 Å². The van der Waals surface area contributed by atoms with Crippen LogP contribution >= 0.6 is 0 Å². The number of fused-ring (bicyclic) bond motifs is 3. The number of carbonyl (C=O) groups is 1. The van der Waals surface area contributed by atoms with E-state index in [1.807, 2.05) is 12.3 Å². The largest absolute Gasteiger partial charge is 0.444 e. The molecule has 4 heterocycles. The van der Waals surface area contributed by atoms with Crippen molar-refractivity contribution in [1.82, 2.24) is 9.88 Å². The van der Waals surface area contributed by atoms with Crippen LogP contribution in [0.5, 0.6) is 0 Å². The molecule has 3 saturated heterocycles. The second-order valence-corrected chi connectivity index (χ2v) is 7.19. The summed E-state index contributed by atoms with van der Waals surface area (Å²) in [6.07, 6.45) is 6.01. The number of ether oxygens (including phenoxy) is 1. The van der Waals surface area contributed by atoms with Gasteiger partial charge < -0.3 is 4.74 Å². The number of hydrogen-bond donors (Lipinski definition) is 1. The Morgan fingerprint density at radius 3 is 2.89 bits per heavy atom. The summed E-state index contributed by atoms with van der Waals surface area (Å²) in [5.74, 6) is 0.396. The van der Waals surface area contributed by atoms with E-state index >= 15 is 0 Å². The maximum absolute atomic E-state index is 12.5. The number of rotatable bonds is 4. The van der Waals surface area contributed by atoms with Crippen molar-refractivity contribution >= 4 is 11.8 Å². The Hall–Kier alpha value is -2.91. The Morgan fingerprint density at radius 2 is 2.15 bits per heavy atom. The van der Waals surface area contributed by atoms with Crippen LogP contribution in [0.25, 0.3) is 0 Å². The molecule has 0 aliphatic carbocycles. The molecule has 1 amide bonds. The molecule has 3 fully saturated rings. The molecule has 1 aromatic carbocycles. The number of carbonyl (C=O) groups excluding carboxylic acids is 1. The number of piperidine rings is 3. The van der Waals surface area contributed by atoms with E-state index in [1.165, 1.54) is 0 Å². The van der Waals surface area contributed by atoms with Gasteiger partial charge in [-0.1, -0.05) is 12.1 Å². The molecule has 0 radical (unpaired) electrons. The third kappa shape index (κ3) is 3.93. The Balaban J connectivity index is 1.46. The van der Waals surface area contributed by atoms with Crippen molar-refractivity contribution in [3.8, 4) is 6.07 Å². The highest BCUT2D eigenvalue weighted by atomic mass is 16.6. The summed E-state index contributed by atoms with van der Waals surface area (Å²) in [5.41, 5.74) is 2.24. The molecular formula is C21H22N4O2. The van der Waals surface area contributed by atoms with Gasteiger partial charge in [0.15, 0.2) is 0 Å². The van der Waals surface area contributed by atoms with Crippen molar-refractivity contribution in [3.05, 3.63) is 59.9 Å². The van der Waals surface area contributed by atoms with Crippen molar-refractivity contribution < 1.29 is 9.53 Å². The summed E-state index contributed by atoms with van der Waals surface area (Å²) in [4.78, 5) is 19.1. The highest BCUT2D eigenvalue weighted by molar-refractivity contribution is 5.85. The second-order valence-electron chi connectivity index (χ2n) is 7.19. The molecule has 27 heavy (non-hydrogen) atoms. The minimum atomic E-state index is -0.458. The predicted molar refractivity (Wildman–Crippen MR) is 101 cm³/mol. The zero-order chi connectivity index (χ0) is 18.6. The van der Waals surface area contributed by atoms with Crippen LogP contribution in [-0.2, 0) is 11.2 Å². The van der Waals surface area contributed by atoms with Gasteiger partial charge in [-0.3, -0.25) is 15.2 Å². The molecular weight excluding hydrogens is 340 g/mol. The molecule has 2 bridgehead atoms. The van der Waals surface area contributed by atoms with Crippen LogP contribution in [0, 0.1) is 17.2 Å². The quantitative estimate of drug-likeness (QED) is 0.904. The van der Waals surface area contributed by atoms with E-state index in [4.69, 9.17) is 10.00 Å². The molecule has 0 spiro atoms. The molecule has 5 rings (SSSR count). The SMILES string of the molecule is N#Cc1cccc(NC(=O)O[C@H]2C3CCN(CC3)[C@H]2Cc2cccnc2)c1. The first-order valence-corrected chi connectivity index (χ1v) is 9.33. The minimum Gasteiger partial charge on any atom is -0.444 e. The number of nitrogens with one attached hydrogen (secondary N) is 1. The monoisotopic (exact) mass is 362 g/mol. The van der Waals surface area contributed by atoms with Crippen LogP contribution in [0.2, 0.25) is 0 Å². The molecule has 3 aliphatic heterocycles. The molecule has 2 atom stereocenters. The summed E-state index contributed by atoms with van der Waals surface area (Å²) in [7, 11) is 0. The number of benzene rings is 1. The number of nitrogens with zero attached hydrogens (tertiary/aromatic N) is 3. The summed E-state index contributed by atoms with van der Waals surface area (Å²) in [6.45, 7) is 2.11. The van der Waals surface area contributed by atoms with Crippen LogP contribution in [0.4, 0.5) is 10.5 Å². The van der Waals surface area contributed by atoms with Gasteiger partial charge in [0.1, 0.15) is 6.10 Å². The maximum atomic E-state index is 12.5. The lowest BCUT2D eigenvalue weighted by molar-refractivity contribution is -0.0741. The van der Waals surface area contributed by atoms with Crippen LogP contribution in [0.15, 0.2) is 48.8 Å². The first-order chi connectivity index (χ1) is 13.2. The highest BCUT2D eigenvalue weighted by Crippen LogP contribution is 2.36. The molecule has 6 nitrogen and oxygen atoms in total. The molecule has 0 saturated carbocycles. The van der Waals surface area contributed by atoms with Gasteiger partial charge in [0, 0.05) is 24.0 Å². The smallest absolute Gasteiger partial charge is 0.411 e. The first-order valence-electron chi connectivity index (χ1n) is 9.33. The van der Waals surface area contributed by atoms with Gasteiger partial charge in [-0.2, -0.15) is 5.26 Å². The Morgan fingerprint density at radius 1 is 1.30 bits per heavy atom. The van der Waals surface area contributed by atoms with Gasteiger partial charge in [0.05, 0.1) is 17.7 Å². The minimum absolute atomic E-state index is 0.133. The lowest BCUT2D eigenvalue weighted by Gasteiger charge is -2.50. The average molecular weight is 362 g/mol. The lowest BCUT2D eigenvalue weighted by atomic mass is 9.78. The molecule has 0 unspecified atom stereocenters. The normalized spacial score (nSPS) is 26.2. The third-order valence-electron chi connectivity index (χ3n) is 5.54. The fourth-order valence-corrected chi connectivity index (χ4v) is 4.22. The number of hydrogen-bond acceptors (Lipinski definition) is 5. The van der Waals surface area contributed by atoms with Crippen molar-refractivity contribution in [2.45, 2.75) is 31.4 Å². The van der Waals surface area contributed by atoms with Crippen LogP contribution in [-0.4, -0.2) is 41.2 Å². The molecule has 6 heteroatoms. The van der Waals surface area contributed by atoms with Crippen molar-refractivity contribution in [1.29, 1.82) is 5.26 Å². The average Bonchev–Trinajstić information content (AvgIpc) is 2.71. The number of nitriles is 1. The number of anilines is 1. The van der Waals surface area contributed by atoms with Gasteiger partial charge in [-0.15, -0.1) is 0 Å². The van der Waals surface area contributed by atoms with Crippen LogP contribution in [0.3, 0.4) is 0 Å².